The molecule has 21 heavy (non-hydrogen) atoms. The van der Waals surface area contributed by atoms with Crippen LogP contribution in [0.3, 0.4) is 0 Å². The Balaban J connectivity index is 2.12. The molecule has 2 aromatic rings. The molecule has 0 amide bonds. The normalized spacial score (nSPS) is 12.2. The Bertz CT molecular complexity index is 581. The van der Waals surface area contributed by atoms with Crippen LogP contribution < -0.4 is 5.32 Å². The van der Waals surface area contributed by atoms with Crippen molar-refractivity contribution < 1.29 is 0 Å². The summed E-state index contributed by atoms with van der Waals surface area (Å²) < 4.78 is 0. The molecule has 0 aliphatic heterocycles. The molecule has 1 unspecified atom stereocenters. The zero-order valence-corrected chi connectivity index (χ0v) is 13.6. The van der Waals surface area contributed by atoms with Gasteiger partial charge in [0, 0.05) is 18.5 Å². The molecule has 112 valence electrons. The first-order valence-corrected chi connectivity index (χ1v) is 7.89. The number of hydrogen-bond donors (Lipinski definition) is 1. The molecule has 1 heterocycles. The van der Waals surface area contributed by atoms with Crippen LogP contribution in [0.2, 0.25) is 5.15 Å². The molecule has 1 atom stereocenters. The molecule has 0 radical (unpaired) electrons. The monoisotopic (exact) mass is 303 g/mol. The van der Waals surface area contributed by atoms with Crippen LogP contribution in [0.1, 0.15) is 50.2 Å². The van der Waals surface area contributed by atoms with E-state index in [1.165, 1.54) is 11.1 Å². The molecule has 0 saturated heterocycles. The Hall–Kier alpha value is -1.61. The highest BCUT2D eigenvalue weighted by molar-refractivity contribution is 6.29. The highest BCUT2D eigenvalue weighted by Gasteiger charge is 2.08. The highest BCUT2D eigenvalue weighted by Crippen LogP contribution is 2.20. The van der Waals surface area contributed by atoms with Crippen LogP contribution in [0.5, 0.6) is 0 Å². The first-order valence-electron chi connectivity index (χ1n) is 7.51. The summed E-state index contributed by atoms with van der Waals surface area (Å²) in [5, 5.41) is 3.89. The van der Waals surface area contributed by atoms with Crippen LogP contribution in [0.25, 0.3) is 0 Å². The Morgan fingerprint density at radius 3 is 2.48 bits per heavy atom. The number of rotatable bonds is 6. The summed E-state index contributed by atoms with van der Waals surface area (Å²) in [4.78, 5) is 8.76. The lowest BCUT2D eigenvalue weighted by atomic mass is 10.1. The molecular formula is C17H22ClN3. The quantitative estimate of drug-likeness (QED) is 0.778. The van der Waals surface area contributed by atoms with Gasteiger partial charge in [0.2, 0.25) is 0 Å². The Labute approximate surface area is 131 Å². The van der Waals surface area contributed by atoms with Crippen molar-refractivity contribution in [1.82, 2.24) is 9.97 Å². The largest absolute Gasteiger partial charge is 0.363 e. The number of nitrogens with one attached hydrogen (secondary N) is 1. The second kappa shape index (κ2) is 7.41. The average Bonchev–Trinajstić information content (AvgIpc) is 2.47. The van der Waals surface area contributed by atoms with Gasteiger partial charge in [-0.05, 0) is 30.9 Å². The third-order valence-electron chi connectivity index (χ3n) is 3.47. The first kappa shape index (κ1) is 15.8. The Kier molecular flexibility index (Phi) is 5.57. The van der Waals surface area contributed by atoms with Crippen LogP contribution in [-0.2, 0) is 12.8 Å². The molecule has 4 heteroatoms. The maximum Gasteiger partial charge on any atom is 0.134 e. The van der Waals surface area contributed by atoms with Gasteiger partial charge in [0.15, 0.2) is 0 Å². The summed E-state index contributed by atoms with van der Waals surface area (Å²) in [5.74, 6) is 1.58. The number of nitrogens with zero attached hydrogens (tertiary/aromatic N) is 2. The predicted octanol–water partition coefficient (Wildman–Crippen LogP) is 4.82. The topological polar surface area (TPSA) is 37.8 Å². The van der Waals surface area contributed by atoms with E-state index < -0.39 is 0 Å². The van der Waals surface area contributed by atoms with Crippen molar-refractivity contribution in [1.29, 1.82) is 0 Å². The number of halogens is 1. The van der Waals surface area contributed by atoms with Crippen molar-refractivity contribution in [3.8, 4) is 0 Å². The maximum atomic E-state index is 6.06. The predicted molar refractivity (Wildman–Crippen MR) is 88.9 cm³/mol. The fraction of sp³-hybridized carbons (Fsp3) is 0.412. The lowest BCUT2D eigenvalue weighted by Gasteiger charge is -2.16. The van der Waals surface area contributed by atoms with Crippen molar-refractivity contribution in [2.24, 2.45) is 0 Å². The van der Waals surface area contributed by atoms with E-state index in [4.69, 9.17) is 11.6 Å². The average molecular weight is 304 g/mol. The summed E-state index contributed by atoms with van der Waals surface area (Å²) in [7, 11) is 0. The van der Waals surface area contributed by atoms with Crippen molar-refractivity contribution in [3.63, 3.8) is 0 Å². The van der Waals surface area contributed by atoms with Crippen LogP contribution in [-0.4, -0.2) is 9.97 Å². The molecule has 0 aliphatic carbocycles. The zero-order chi connectivity index (χ0) is 15.2. The minimum atomic E-state index is 0.177. The van der Waals surface area contributed by atoms with Crippen molar-refractivity contribution in [2.75, 3.05) is 5.32 Å². The van der Waals surface area contributed by atoms with Gasteiger partial charge in [-0.3, -0.25) is 0 Å². The maximum absolute atomic E-state index is 6.06. The summed E-state index contributed by atoms with van der Waals surface area (Å²) in [6.45, 7) is 6.39. The number of aryl methyl sites for hydroxylation is 2. The molecule has 0 saturated carbocycles. The summed E-state index contributed by atoms with van der Waals surface area (Å²) >= 11 is 6.06. The van der Waals surface area contributed by atoms with Crippen molar-refractivity contribution >= 4 is 17.4 Å². The van der Waals surface area contributed by atoms with Crippen LogP contribution in [0.15, 0.2) is 30.3 Å². The van der Waals surface area contributed by atoms with E-state index in [0.29, 0.717) is 5.15 Å². The van der Waals surface area contributed by atoms with E-state index in [1.807, 2.05) is 0 Å². The zero-order valence-electron chi connectivity index (χ0n) is 12.9. The van der Waals surface area contributed by atoms with E-state index in [9.17, 15) is 0 Å². The smallest absolute Gasteiger partial charge is 0.134 e. The van der Waals surface area contributed by atoms with Crippen LogP contribution in [0, 0.1) is 0 Å². The number of aromatic nitrogens is 2. The second-order valence-corrected chi connectivity index (χ2v) is 5.59. The molecule has 0 fully saturated rings. The molecule has 1 aromatic heterocycles. The van der Waals surface area contributed by atoms with Gasteiger partial charge in [0.05, 0.1) is 0 Å². The van der Waals surface area contributed by atoms with E-state index in [1.54, 1.807) is 6.07 Å². The third kappa shape index (κ3) is 4.43. The summed E-state index contributed by atoms with van der Waals surface area (Å²) in [6, 6.07) is 10.6. The van der Waals surface area contributed by atoms with Gasteiger partial charge in [0.25, 0.3) is 0 Å². The fourth-order valence-corrected chi connectivity index (χ4v) is 2.42. The number of benzene rings is 1. The van der Waals surface area contributed by atoms with Gasteiger partial charge in [-0.25, -0.2) is 9.97 Å². The summed E-state index contributed by atoms with van der Waals surface area (Å²) in [6.07, 6.45) is 2.91. The highest BCUT2D eigenvalue weighted by atomic mass is 35.5. The lowest BCUT2D eigenvalue weighted by molar-refractivity contribution is 0.819. The van der Waals surface area contributed by atoms with E-state index >= 15 is 0 Å². The Morgan fingerprint density at radius 1 is 1.14 bits per heavy atom. The first-order chi connectivity index (χ1) is 10.1. The molecule has 3 nitrogen and oxygen atoms in total. The Morgan fingerprint density at radius 2 is 1.86 bits per heavy atom. The number of hydrogen-bond acceptors (Lipinski definition) is 3. The molecule has 0 bridgehead atoms. The molecule has 1 N–H and O–H groups in total. The van der Waals surface area contributed by atoms with Gasteiger partial charge in [-0.15, -0.1) is 0 Å². The third-order valence-corrected chi connectivity index (χ3v) is 3.66. The van der Waals surface area contributed by atoms with E-state index in [-0.39, 0.29) is 6.04 Å². The molecule has 1 aromatic carbocycles. The van der Waals surface area contributed by atoms with Gasteiger partial charge in [-0.2, -0.15) is 0 Å². The van der Waals surface area contributed by atoms with Gasteiger partial charge >= 0.3 is 0 Å². The second-order valence-electron chi connectivity index (χ2n) is 5.20. The SMILES string of the molecule is CCCc1nc(Cl)cc(NC(C)c2ccc(CC)cc2)n1. The summed E-state index contributed by atoms with van der Waals surface area (Å²) in [5.41, 5.74) is 2.58. The molecule has 0 spiro atoms. The molecule has 0 aliphatic rings. The number of anilines is 1. The van der Waals surface area contributed by atoms with Crippen molar-refractivity contribution in [2.45, 2.75) is 46.1 Å². The molecular weight excluding hydrogens is 282 g/mol. The van der Waals surface area contributed by atoms with Crippen molar-refractivity contribution in [3.05, 3.63) is 52.4 Å². The minimum absolute atomic E-state index is 0.177. The lowest BCUT2D eigenvalue weighted by Crippen LogP contribution is -2.09. The molecule has 2 rings (SSSR count). The van der Waals surface area contributed by atoms with Crippen LogP contribution in [0.4, 0.5) is 5.82 Å². The fourth-order valence-electron chi connectivity index (χ4n) is 2.22. The van der Waals surface area contributed by atoms with Gasteiger partial charge in [-0.1, -0.05) is 49.7 Å². The van der Waals surface area contributed by atoms with E-state index in [2.05, 4.69) is 60.3 Å². The standard InChI is InChI=1S/C17H22ClN3/c1-4-6-16-20-15(18)11-17(21-16)19-12(3)14-9-7-13(5-2)8-10-14/h7-12H,4-6H2,1-3H3,(H,19,20,21). The van der Waals surface area contributed by atoms with Gasteiger partial charge in [0.1, 0.15) is 16.8 Å². The van der Waals surface area contributed by atoms with Crippen LogP contribution >= 0.6 is 11.6 Å². The van der Waals surface area contributed by atoms with E-state index in [0.717, 1.165) is 30.9 Å². The minimum Gasteiger partial charge on any atom is -0.363 e. The van der Waals surface area contributed by atoms with Gasteiger partial charge < -0.3 is 5.32 Å².